The summed E-state index contributed by atoms with van der Waals surface area (Å²) in [5.41, 5.74) is 7.81. The second kappa shape index (κ2) is 4.87. The molecule has 2 aliphatic rings. The highest BCUT2D eigenvalue weighted by atomic mass is 16.2. The molecule has 19 heavy (non-hydrogen) atoms. The number of nitrogens with two attached hydrogens (primary N) is 1. The molecule has 1 aromatic carbocycles. The fraction of sp³-hybridized carbons (Fsp3) is 0.562. The van der Waals surface area contributed by atoms with Gasteiger partial charge in [-0.05, 0) is 43.2 Å². The van der Waals surface area contributed by atoms with Gasteiger partial charge in [-0.15, -0.1) is 0 Å². The normalized spacial score (nSPS) is 27.9. The molecule has 3 heteroatoms. The van der Waals surface area contributed by atoms with E-state index in [0.717, 1.165) is 17.8 Å². The average Bonchev–Trinajstić information content (AvgIpc) is 2.90. The number of anilines is 1. The predicted molar refractivity (Wildman–Crippen MR) is 76.3 cm³/mol. The molecule has 0 bridgehead atoms. The van der Waals surface area contributed by atoms with Crippen molar-refractivity contribution in [2.45, 2.75) is 32.7 Å². The number of fused-ring (bicyclic) bond motifs is 1. The van der Waals surface area contributed by atoms with E-state index in [-0.39, 0.29) is 0 Å². The minimum atomic E-state index is 0.318. The number of hydrogen-bond donors (Lipinski definition) is 1. The molecule has 3 nitrogen and oxygen atoms in total. The molecule has 0 radical (unpaired) electrons. The zero-order chi connectivity index (χ0) is 13.4. The fourth-order valence-corrected chi connectivity index (χ4v) is 3.63. The third-order valence-electron chi connectivity index (χ3n) is 4.80. The monoisotopic (exact) mass is 258 g/mol. The number of nitrogens with zero attached hydrogens (tertiary/aromatic N) is 1. The van der Waals surface area contributed by atoms with Gasteiger partial charge < -0.3 is 10.6 Å². The van der Waals surface area contributed by atoms with Crippen molar-refractivity contribution >= 4 is 11.6 Å². The van der Waals surface area contributed by atoms with Gasteiger partial charge in [0.25, 0.3) is 0 Å². The summed E-state index contributed by atoms with van der Waals surface area (Å²) >= 11 is 0. The van der Waals surface area contributed by atoms with Crippen LogP contribution in [0.2, 0.25) is 0 Å². The summed E-state index contributed by atoms with van der Waals surface area (Å²) in [4.78, 5) is 14.5. The Hall–Kier alpha value is -1.51. The first-order valence-electron chi connectivity index (χ1n) is 7.34. The van der Waals surface area contributed by atoms with Gasteiger partial charge in [0.2, 0.25) is 5.91 Å². The van der Waals surface area contributed by atoms with E-state index in [4.69, 9.17) is 5.73 Å². The first kappa shape index (κ1) is 12.5. The van der Waals surface area contributed by atoms with Crippen molar-refractivity contribution in [2.24, 2.45) is 17.8 Å². The highest BCUT2D eigenvalue weighted by Crippen LogP contribution is 2.58. The molecule has 102 valence electrons. The first-order valence-corrected chi connectivity index (χ1v) is 7.34. The number of para-hydroxylation sites is 1. The Morgan fingerprint density at radius 1 is 1.32 bits per heavy atom. The molecule has 2 aliphatic carbocycles. The Bertz CT molecular complexity index is 475. The van der Waals surface area contributed by atoms with Gasteiger partial charge in [0.05, 0.1) is 0 Å². The molecule has 0 aromatic heterocycles. The number of rotatable bonds is 4. The molecule has 2 saturated carbocycles. The van der Waals surface area contributed by atoms with Crippen LogP contribution in [0, 0.1) is 17.8 Å². The van der Waals surface area contributed by atoms with Crippen LogP contribution in [0.1, 0.15) is 31.7 Å². The highest BCUT2D eigenvalue weighted by molar-refractivity contribution is 5.82. The van der Waals surface area contributed by atoms with Crippen LogP contribution in [0.5, 0.6) is 0 Å². The third kappa shape index (κ3) is 2.22. The Morgan fingerprint density at radius 2 is 2.00 bits per heavy atom. The zero-order valence-corrected chi connectivity index (χ0v) is 11.5. The van der Waals surface area contributed by atoms with Crippen molar-refractivity contribution in [3.05, 3.63) is 29.8 Å². The summed E-state index contributed by atoms with van der Waals surface area (Å²) in [5, 5.41) is 0. The van der Waals surface area contributed by atoms with Crippen molar-refractivity contribution in [1.82, 2.24) is 4.90 Å². The molecule has 0 aliphatic heterocycles. The lowest BCUT2D eigenvalue weighted by Crippen LogP contribution is -2.33. The molecule has 2 N–H and O–H groups in total. The van der Waals surface area contributed by atoms with E-state index in [1.807, 2.05) is 29.2 Å². The minimum absolute atomic E-state index is 0.318. The number of hydrogen-bond acceptors (Lipinski definition) is 2. The molecule has 2 unspecified atom stereocenters. The Labute approximate surface area is 114 Å². The maximum Gasteiger partial charge on any atom is 0.226 e. The van der Waals surface area contributed by atoms with Gasteiger partial charge in [-0.3, -0.25) is 4.79 Å². The smallest absolute Gasteiger partial charge is 0.226 e. The second-order valence-electron chi connectivity index (χ2n) is 5.84. The second-order valence-corrected chi connectivity index (χ2v) is 5.84. The quantitative estimate of drug-likeness (QED) is 0.844. The van der Waals surface area contributed by atoms with Crippen LogP contribution >= 0.6 is 0 Å². The number of nitrogen functional groups attached to an aromatic ring is 1. The SMILES string of the molecule is CCN(Cc1ccccc1N)C(=O)C1C2CCCC21. The molecule has 1 amide bonds. The summed E-state index contributed by atoms with van der Waals surface area (Å²) < 4.78 is 0. The van der Waals surface area contributed by atoms with Gasteiger partial charge >= 0.3 is 0 Å². The number of benzene rings is 1. The topological polar surface area (TPSA) is 46.3 Å². The van der Waals surface area contributed by atoms with E-state index < -0.39 is 0 Å². The third-order valence-corrected chi connectivity index (χ3v) is 4.80. The molecule has 2 fully saturated rings. The van der Waals surface area contributed by atoms with E-state index in [9.17, 15) is 4.79 Å². The van der Waals surface area contributed by atoms with E-state index in [1.165, 1.54) is 19.3 Å². The van der Waals surface area contributed by atoms with Crippen molar-refractivity contribution in [3.8, 4) is 0 Å². The van der Waals surface area contributed by atoms with Crippen molar-refractivity contribution in [3.63, 3.8) is 0 Å². The summed E-state index contributed by atoms with van der Waals surface area (Å²) in [6, 6.07) is 7.83. The maximum absolute atomic E-state index is 12.6. The van der Waals surface area contributed by atoms with Crippen LogP contribution in [0.15, 0.2) is 24.3 Å². The lowest BCUT2D eigenvalue weighted by Gasteiger charge is -2.22. The molecule has 0 spiro atoms. The number of amides is 1. The van der Waals surface area contributed by atoms with E-state index in [2.05, 4.69) is 6.92 Å². The minimum Gasteiger partial charge on any atom is -0.398 e. The first-order chi connectivity index (χ1) is 9.22. The van der Waals surface area contributed by atoms with E-state index >= 15 is 0 Å². The summed E-state index contributed by atoms with van der Waals surface area (Å²) in [6.45, 7) is 3.47. The molecule has 0 heterocycles. The lowest BCUT2D eigenvalue weighted by atomic mass is 10.1. The molecule has 2 atom stereocenters. The van der Waals surface area contributed by atoms with Gasteiger partial charge in [0.15, 0.2) is 0 Å². The number of carbonyl (C=O) groups excluding carboxylic acids is 1. The van der Waals surface area contributed by atoms with Crippen LogP contribution in [0.25, 0.3) is 0 Å². The molecular weight excluding hydrogens is 236 g/mol. The van der Waals surface area contributed by atoms with Crippen LogP contribution in [0.4, 0.5) is 5.69 Å². The molecule has 1 aromatic rings. The Balaban J connectivity index is 1.68. The van der Waals surface area contributed by atoms with Crippen molar-refractivity contribution in [2.75, 3.05) is 12.3 Å². The van der Waals surface area contributed by atoms with Crippen LogP contribution < -0.4 is 5.73 Å². The van der Waals surface area contributed by atoms with Gasteiger partial charge in [0.1, 0.15) is 0 Å². The predicted octanol–water partition coefficient (Wildman–Crippen LogP) is 2.66. The standard InChI is InChI=1S/C16H22N2O/c1-2-18(10-11-6-3-4-9-14(11)17)16(19)15-12-7-5-8-13(12)15/h3-4,6,9,12-13,15H,2,5,7-8,10,17H2,1H3. The van der Waals surface area contributed by atoms with Crippen LogP contribution in [-0.2, 0) is 11.3 Å². The maximum atomic E-state index is 12.6. The summed E-state index contributed by atoms with van der Waals surface area (Å²) in [5.74, 6) is 2.04. The largest absolute Gasteiger partial charge is 0.398 e. The van der Waals surface area contributed by atoms with Crippen LogP contribution in [0.3, 0.4) is 0 Å². The summed E-state index contributed by atoms with van der Waals surface area (Å²) in [6.07, 6.45) is 3.83. The molecule has 0 saturated heterocycles. The van der Waals surface area contributed by atoms with Crippen molar-refractivity contribution in [1.29, 1.82) is 0 Å². The van der Waals surface area contributed by atoms with Crippen LogP contribution in [-0.4, -0.2) is 17.4 Å². The van der Waals surface area contributed by atoms with Gasteiger partial charge in [-0.2, -0.15) is 0 Å². The van der Waals surface area contributed by atoms with Gasteiger partial charge in [-0.1, -0.05) is 24.6 Å². The van der Waals surface area contributed by atoms with Gasteiger partial charge in [0, 0.05) is 24.7 Å². The Kier molecular flexibility index (Phi) is 3.21. The van der Waals surface area contributed by atoms with E-state index in [0.29, 0.717) is 30.2 Å². The fourth-order valence-electron chi connectivity index (χ4n) is 3.63. The Morgan fingerprint density at radius 3 is 2.63 bits per heavy atom. The van der Waals surface area contributed by atoms with Crippen molar-refractivity contribution < 1.29 is 4.79 Å². The number of carbonyl (C=O) groups is 1. The zero-order valence-electron chi connectivity index (χ0n) is 11.5. The van der Waals surface area contributed by atoms with E-state index in [1.54, 1.807) is 0 Å². The summed E-state index contributed by atoms with van der Waals surface area (Å²) in [7, 11) is 0. The van der Waals surface area contributed by atoms with Gasteiger partial charge in [-0.25, -0.2) is 0 Å². The lowest BCUT2D eigenvalue weighted by molar-refractivity contribution is -0.133. The highest BCUT2D eigenvalue weighted by Gasteiger charge is 2.57. The molecule has 3 rings (SSSR count). The average molecular weight is 258 g/mol. The molecular formula is C16H22N2O.